The molecule has 5 nitrogen and oxygen atoms in total. The van der Waals surface area contributed by atoms with Gasteiger partial charge in [-0.15, -0.1) is 0 Å². The van der Waals surface area contributed by atoms with Crippen LogP contribution in [0.25, 0.3) is 5.82 Å². The van der Waals surface area contributed by atoms with Crippen LogP contribution in [0.3, 0.4) is 0 Å². The first kappa shape index (κ1) is 16.8. The first-order valence-corrected chi connectivity index (χ1v) is 8.09. The quantitative estimate of drug-likeness (QED) is 0.752. The maximum absolute atomic E-state index is 12.9. The van der Waals surface area contributed by atoms with Gasteiger partial charge in [-0.3, -0.25) is 4.79 Å². The molecule has 0 saturated carbocycles. The molecule has 3 aromatic rings. The second-order valence-electron chi connectivity index (χ2n) is 5.92. The second kappa shape index (κ2) is 7.70. The largest absolute Gasteiger partial charge is 0.352 e. The van der Waals surface area contributed by atoms with E-state index in [1.165, 1.54) is 12.1 Å². The van der Waals surface area contributed by atoms with E-state index in [2.05, 4.69) is 15.4 Å². The van der Waals surface area contributed by atoms with Gasteiger partial charge in [0.2, 0.25) is 5.91 Å². The Morgan fingerprint density at radius 2 is 2.00 bits per heavy atom. The fraction of sp³-hybridized carbons (Fsp3) is 0.211. The highest BCUT2D eigenvalue weighted by Crippen LogP contribution is 2.11. The van der Waals surface area contributed by atoms with Gasteiger partial charge in [0.15, 0.2) is 5.82 Å². The molecular formula is C19H19FN4O. The maximum atomic E-state index is 12.9. The zero-order chi connectivity index (χ0) is 17.6. The number of rotatable bonds is 6. The summed E-state index contributed by atoms with van der Waals surface area (Å²) in [6, 6.07) is 11.8. The van der Waals surface area contributed by atoms with E-state index >= 15 is 0 Å². The van der Waals surface area contributed by atoms with Crippen molar-refractivity contribution in [2.75, 3.05) is 0 Å². The van der Waals surface area contributed by atoms with Crippen LogP contribution in [-0.2, 0) is 17.8 Å². The smallest absolute Gasteiger partial charge is 0.223 e. The molecule has 1 aromatic carbocycles. The number of benzene rings is 1. The zero-order valence-corrected chi connectivity index (χ0v) is 13.9. The fourth-order valence-electron chi connectivity index (χ4n) is 2.53. The third-order valence-corrected chi connectivity index (χ3v) is 3.92. The van der Waals surface area contributed by atoms with Crippen molar-refractivity contribution in [3.63, 3.8) is 0 Å². The SMILES string of the molecule is CC(Cc1ccc(F)cc1)C(=O)NCc1ccnc(-n2cccn2)c1. The molecule has 0 aliphatic heterocycles. The molecular weight excluding hydrogens is 319 g/mol. The minimum Gasteiger partial charge on any atom is -0.352 e. The average Bonchev–Trinajstić information content (AvgIpc) is 3.16. The topological polar surface area (TPSA) is 59.8 Å². The number of carbonyl (C=O) groups excluding carboxylic acids is 1. The van der Waals surface area contributed by atoms with Crippen LogP contribution >= 0.6 is 0 Å². The summed E-state index contributed by atoms with van der Waals surface area (Å²) in [6.07, 6.45) is 5.77. The molecule has 0 aliphatic rings. The number of carbonyl (C=O) groups is 1. The van der Waals surface area contributed by atoms with Crippen molar-refractivity contribution < 1.29 is 9.18 Å². The van der Waals surface area contributed by atoms with E-state index < -0.39 is 0 Å². The molecule has 1 N–H and O–H groups in total. The summed E-state index contributed by atoms with van der Waals surface area (Å²) in [7, 11) is 0. The summed E-state index contributed by atoms with van der Waals surface area (Å²) in [5.41, 5.74) is 1.89. The molecule has 3 rings (SSSR count). The predicted molar refractivity (Wildman–Crippen MR) is 92.5 cm³/mol. The van der Waals surface area contributed by atoms with Gasteiger partial charge in [0, 0.05) is 31.1 Å². The Morgan fingerprint density at radius 1 is 1.20 bits per heavy atom. The number of nitrogens with zero attached hydrogens (tertiary/aromatic N) is 3. The lowest BCUT2D eigenvalue weighted by atomic mass is 10.0. The first-order chi connectivity index (χ1) is 12.1. The molecule has 2 heterocycles. The summed E-state index contributed by atoms with van der Waals surface area (Å²) in [4.78, 5) is 16.5. The van der Waals surface area contributed by atoms with E-state index in [9.17, 15) is 9.18 Å². The molecule has 1 amide bonds. The number of hydrogen-bond donors (Lipinski definition) is 1. The fourth-order valence-corrected chi connectivity index (χ4v) is 2.53. The molecule has 0 spiro atoms. The third-order valence-electron chi connectivity index (χ3n) is 3.92. The summed E-state index contributed by atoms with van der Waals surface area (Å²) in [5, 5.41) is 7.08. The molecule has 2 aromatic heterocycles. The van der Waals surface area contributed by atoms with E-state index in [1.807, 2.05) is 31.3 Å². The van der Waals surface area contributed by atoms with Crippen molar-refractivity contribution in [3.8, 4) is 5.82 Å². The number of pyridine rings is 1. The molecule has 0 fully saturated rings. The van der Waals surface area contributed by atoms with Crippen LogP contribution in [0.15, 0.2) is 61.1 Å². The van der Waals surface area contributed by atoms with Crippen LogP contribution < -0.4 is 5.32 Å². The Morgan fingerprint density at radius 3 is 2.72 bits per heavy atom. The molecule has 6 heteroatoms. The van der Waals surface area contributed by atoms with Crippen molar-refractivity contribution in [3.05, 3.63) is 78.0 Å². The van der Waals surface area contributed by atoms with E-state index in [0.29, 0.717) is 18.8 Å². The highest BCUT2D eigenvalue weighted by Gasteiger charge is 2.13. The van der Waals surface area contributed by atoms with Gasteiger partial charge >= 0.3 is 0 Å². The molecule has 128 valence electrons. The lowest BCUT2D eigenvalue weighted by Gasteiger charge is -2.13. The van der Waals surface area contributed by atoms with Gasteiger partial charge in [-0.25, -0.2) is 14.1 Å². The van der Waals surface area contributed by atoms with Gasteiger partial charge in [0.05, 0.1) is 0 Å². The van der Waals surface area contributed by atoms with Crippen LogP contribution in [0.4, 0.5) is 4.39 Å². The van der Waals surface area contributed by atoms with E-state index in [1.54, 1.807) is 29.2 Å². The monoisotopic (exact) mass is 338 g/mol. The van der Waals surface area contributed by atoms with Crippen molar-refractivity contribution in [2.24, 2.45) is 5.92 Å². The van der Waals surface area contributed by atoms with Crippen molar-refractivity contribution in [1.29, 1.82) is 0 Å². The standard InChI is InChI=1S/C19H19FN4O/c1-14(11-15-3-5-17(20)6-4-15)19(25)22-13-16-7-9-21-18(12-16)24-10-2-8-23-24/h2-10,12,14H,11,13H2,1H3,(H,22,25). The summed E-state index contributed by atoms with van der Waals surface area (Å²) < 4.78 is 14.6. The van der Waals surface area contributed by atoms with Gasteiger partial charge in [-0.05, 0) is 47.9 Å². The Bertz CT molecular complexity index is 831. The van der Waals surface area contributed by atoms with Crippen LogP contribution in [-0.4, -0.2) is 20.7 Å². The number of hydrogen-bond acceptors (Lipinski definition) is 3. The molecule has 1 unspecified atom stereocenters. The number of halogens is 1. The maximum Gasteiger partial charge on any atom is 0.223 e. The number of nitrogens with one attached hydrogen (secondary N) is 1. The van der Waals surface area contributed by atoms with Crippen LogP contribution in [0.2, 0.25) is 0 Å². The van der Waals surface area contributed by atoms with Crippen molar-refractivity contribution in [2.45, 2.75) is 19.9 Å². The minimum absolute atomic E-state index is 0.0400. The first-order valence-electron chi connectivity index (χ1n) is 8.09. The van der Waals surface area contributed by atoms with Crippen LogP contribution in [0, 0.1) is 11.7 Å². The van der Waals surface area contributed by atoms with Gasteiger partial charge in [0.25, 0.3) is 0 Å². The normalized spacial score (nSPS) is 11.9. The Hall–Kier alpha value is -3.02. The number of aromatic nitrogens is 3. The van der Waals surface area contributed by atoms with E-state index in [0.717, 1.165) is 11.1 Å². The Balaban J connectivity index is 1.56. The Kier molecular flexibility index (Phi) is 5.18. The zero-order valence-electron chi connectivity index (χ0n) is 13.9. The summed E-state index contributed by atoms with van der Waals surface area (Å²) in [5.74, 6) is 0.197. The molecule has 0 radical (unpaired) electrons. The molecule has 0 bridgehead atoms. The van der Waals surface area contributed by atoms with Crippen LogP contribution in [0.5, 0.6) is 0 Å². The summed E-state index contributed by atoms with van der Waals surface area (Å²) in [6.45, 7) is 2.28. The third kappa shape index (κ3) is 4.50. The number of amides is 1. The van der Waals surface area contributed by atoms with Crippen molar-refractivity contribution in [1.82, 2.24) is 20.1 Å². The van der Waals surface area contributed by atoms with Crippen molar-refractivity contribution >= 4 is 5.91 Å². The lowest BCUT2D eigenvalue weighted by molar-refractivity contribution is -0.124. The average molecular weight is 338 g/mol. The van der Waals surface area contributed by atoms with Crippen LogP contribution in [0.1, 0.15) is 18.1 Å². The molecule has 25 heavy (non-hydrogen) atoms. The van der Waals surface area contributed by atoms with Gasteiger partial charge in [0.1, 0.15) is 5.82 Å². The lowest BCUT2D eigenvalue weighted by Crippen LogP contribution is -2.29. The second-order valence-corrected chi connectivity index (χ2v) is 5.92. The van der Waals surface area contributed by atoms with E-state index in [-0.39, 0.29) is 17.6 Å². The predicted octanol–water partition coefficient (Wildman–Crippen LogP) is 2.90. The van der Waals surface area contributed by atoms with Gasteiger partial charge < -0.3 is 5.32 Å². The van der Waals surface area contributed by atoms with Gasteiger partial charge in [-0.1, -0.05) is 19.1 Å². The minimum atomic E-state index is -0.272. The molecule has 0 aliphatic carbocycles. The molecule has 1 atom stereocenters. The molecule has 0 saturated heterocycles. The Labute approximate surface area is 145 Å². The van der Waals surface area contributed by atoms with Gasteiger partial charge in [-0.2, -0.15) is 5.10 Å². The highest BCUT2D eigenvalue weighted by molar-refractivity contribution is 5.78. The summed E-state index contributed by atoms with van der Waals surface area (Å²) >= 11 is 0. The highest BCUT2D eigenvalue weighted by atomic mass is 19.1. The van der Waals surface area contributed by atoms with E-state index in [4.69, 9.17) is 0 Å².